The van der Waals surface area contributed by atoms with Gasteiger partial charge in [-0.05, 0) is 50.6 Å². The fourth-order valence-corrected chi connectivity index (χ4v) is 2.77. The molecule has 0 amide bonds. The molecule has 1 unspecified atom stereocenters. The van der Waals surface area contributed by atoms with Crippen molar-refractivity contribution in [3.63, 3.8) is 0 Å². The highest BCUT2D eigenvalue weighted by atomic mass is 127. The molecule has 23 heavy (non-hydrogen) atoms. The molecule has 1 aliphatic heterocycles. The van der Waals surface area contributed by atoms with E-state index in [2.05, 4.69) is 21.7 Å². The van der Waals surface area contributed by atoms with E-state index in [0.717, 1.165) is 24.6 Å². The maximum atomic E-state index is 13.1. The summed E-state index contributed by atoms with van der Waals surface area (Å²) in [5.41, 5.74) is 7.19. The molecule has 0 bridgehead atoms. The monoisotopic (exact) mass is 434 g/mol. The molecule has 0 aliphatic carbocycles. The standard InChI is InChI=1S/C17H27FN4.HI/c1-13-8-10-22(11-9-13)17(19)20-12-16(21(2)3)14-4-6-15(18)7-5-14;/h4-7,13,16H,8-12H2,1-3H3,(H2,19,20);1H. The number of hydrogen-bond acceptors (Lipinski definition) is 2. The van der Waals surface area contributed by atoms with Crippen LogP contribution in [0.25, 0.3) is 0 Å². The Hall–Kier alpha value is -0.890. The van der Waals surface area contributed by atoms with E-state index in [1.165, 1.54) is 25.0 Å². The number of hydrogen-bond donors (Lipinski definition) is 1. The van der Waals surface area contributed by atoms with Crippen LogP contribution in [0.2, 0.25) is 0 Å². The van der Waals surface area contributed by atoms with Crippen LogP contribution in [-0.2, 0) is 0 Å². The van der Waals surface area contributed by atoms with Crippen molar-refractivity contribution in [1.82, 2.24) is 9.80 Å². The van der Waals surface area contributed by atoms with Crippen molar-refractivity contribution < 1.29 is 4.39 Å². The molecular weight excluding hydrogens is 406 g/mol. The van der Waals surface area contributed by atoms with Crippen LogP contribution in [0, 0.1) is 11.7 Å². The molecule has 2 rings (SSSR count). The summed E-state index contributed by atoms with van der Waals surface area (Å²) in [6, 6.07) is 6.71. The van der Waals surface area contributed by atoms with Crippen LogP contribution in [-0.4, -0.2) is 49.5 Å². The second kappa shape index (κ2) is 9.42. The summed E-state index contributed by atoms with van der Waals surface area (Å²) in [4.78, 5) is 8.83. The molecule has 1 atom stereocenters. The zero-order valence-electron chi connectivity index (χ0n) is 14.2. The van der Waals surface area contributed by atoms with Gasteiger partial charge in [0.1, 0.15) is 5.82 Å². The molecule has 0 saturated carbocycles. The fourth-order valence-electron chi connectivity index (χ4n) is 2.77. The number of benzene rings is 1. The summed E-state index contributed by atoms with van der Waals surface area (Å²) in [5.74, 6) is 1.19. The van der Waals surface area contributed by atoms with Gasteiger partial charge in [0.15, 0.2) is 5.96 Å². The van der Waals surface area contributed by atoms with Crippen molar-refractivity contribution in [2.24, 2.45) is 16.6 Å². The van der Waals surface area contributed by atoms with Gasteiger partial charge in [-0.15, -0.1) is 24.0 Å². The van der Waals surface area contributed by atoms with Gasteiger partial charge >= 0.3 is 0 Å². The van der Waals surface area contributed by atoms with Gasteiger partial charge in [0.2, 0.25) is 0 Å². The molecule has 0 spiro atoms. The highest BCUT2D eigenvalue weighted by molar-refractivity contribution is 14.0. The van der Waals surface area contributed by atoms with E-state index in [1.54, 1.807) is 0 Å². The second-order valence-electron chi connectivity index (χ2n) is 6.40. The maximum absolute atomic E-state index is 13.1. The van der Waals surface area contributed by atoms with Crippen LogP contribution >= 0.6 is 24.0 Å². The van der Waals surface area contributed by atoms with E-state index in [1.807, 2.05) is 26.2 Å². The van der Waals surface area contributed by atoms with Crippen molar-refractivity contribution >= 4 is 29.9 Å². The van der Waals surface area contributed by atoms with Crippen molar-refractivity contribution in [3.8, 4) is 0 Å². The Labute approximate surface area is 156 Å². The molecule has 2 N–H and O–H groups in total. The van der Waals surface area contributed by atoms with Gasteiger partial charge in [-0.3, -0.25) is 4.99 Å². The molecule has 4 nitrogen and oxygen atoms in total. The first kappa shape index (κ1) is 20.2. The minimum absolute atomic E-state index is 0. The van der Waals surface area contributed by atoms with E-state index < -0.39 is 0 Å². The Kier molecular flexibility index (Phi) is 8.25. The zero-order valence-corrected chi connectivity index (χ0v) is 16.5. The van der Waals surface area contributed by atoms with Crippen LogP contribution in [0.5, 0.6) is 0 Å². The van der Waals surface area contributed by atoms with Gasteiger partial charge in [-0.1, -0.05) is 19.1 Å². The summed E-state index contributed by atoms with van der Waals surface area (Å²) in [6.45, 7) is 4.83. The van der Waals surface area contributed by atoms with Crippen molar-refractivity contribution in [2.45, 2.75) is 25.8 Å². The lowest BCUT2D eigenvalue weighted by molar-refractivity contribution is 0.274. The van der Waals surface area contributed by atoms with Gasteiger partial charge in [0, 0.05) is 13.1 Å². The molecule has 6 heteroatoms. The average molecular weight is 434 g/mol. The molecule has 1 heterocycles. The quantitative estimate of drug-likeness (QED) is 0.450. The lowest BCUT2D eigenvalue weighted by Crippen LogP contribution is -2.43. The first-order valence-corrected chi connectivity index (χ1v) is 7.94. The number of rotatable bonds is 4. The van der Waals surface area contributed by atoms with E-state index in [0.29, 0.717) is 12.5 Å². The van der Waals surface area contributed by atoms with E-state index >= 15 is 0 Å². The number of aliphatic imine (C=N–C) groups is 1. The zero-order chi connectivity index (χ0) is 16.1. The summed E-state index contributed by atoms with van der Waals surface area (Å²) in [5, 5.41) is 0. The van der Waals surface area contributed by atoms with Crippen molar-refractivity contribution in [3.05, 3.63) is 35.6 Å². The number of guanidine groups is 1. The third-order valence-electron chi connectivity index (χ3n) is 4.41. The topological polar surface area (TPSA) is 44.9 Å². The average Bonchev–Trinajstić information content (AvgIpc) is 2.49. The summed E-state index contributed by atoms with van der Waals surface area (Å²) in [7, 11) is 4.00. The Morgan fingerprint density at radius 3 is 2.39 bits per heavy atom. The molecule has 1 aromatic carbocycles. The van der Waals surface area contributed by atoms with Crippen LogP contribution < -0.4 is 5.73 Å². The van der Waals surface area contributed by atoms with E-state index in [9.17, 15) is 4.39 Å². The Balaban J connectivity index is 0.00000264. The van der Waals surface area contributed by atoms with Gasteiger partial charge in [-0.2, -0.15) is 0 Å². The van der Waals surface area contributed by atoms with Gasteiger partial charge < -0.3 is 15.5 Å². The number of nitrogens with two attached hydrogens (primary N) is 1. The lowest BCUT2D eigenvalue weighted by Gasteiger charge is -2.31. The SMILES string of the molecule is CC1CCN(C(N)=NCC(c2ccc(F)cc2)N(C)C)CC1.I. The predicted octanol–water partition coefficient (Wildman–Crippen LogP) is 3.09. The van der Waals surface area contributed by atoms with Crippen LogP contribution in [0.15, 0.2) is 29.3 Å². The molecule has 1 saturated heterocycles. The number of nitrogens with zero attached hydrogens (tertiary/aromatic N) is 3. The second-order valence-corrected chi connectivity index (χ2v) is 6.40. The number of likely N-dealkylation sites (N-methyl/N-ethyl adjacent to an activating group) is 1. The van der Waals surface area contributed by atoms with Crippen LogP contribution in [0.3, 0.4) is 0 Å². The third kappa shape index (κ3) is 5.91. The minimum atomic E-state index is -0.216. The van der Waals surface area contributed by atoms with Gasteiger partial charge in [0.05, 0.1) is 12.6 Å². The van der Waals surface area contributed by atoms with E-state index in [4.69, 9.17) is 5.73 Å². The maximum Gasteiger partial charge on any atom is 0.191 e. The minimum Gasteiger partial charge on any atom is -0.370 e. The first-order chi connectivity index (χ1) is 10.5. The third-order valence-corrected chi connectivity index (χ3v) is 4.41. The molecule has 1 aromatic rings. The van der Waals surface area contributed by atoms with Gasteiger partial charge in [-0.25, -0.2) is 4.39 Å². The lowest BCUT2D eigenvalue weighted by atomic mass is 10.00. The molecule has 130 valence electrons. The summed E-state index contributed by atoms with van der Waals surface area (Å²) < 4.78 is 13.1. The normalized spacial score (nSPS) is 18.0. The Bertz CT molecular complexity index is 496. The van der Waals surface area contributed by atoms with Crippen molar-refractivity contribution in [1.29, 1.82) is 0 Å². The number of likely N-dealkylation sites (tertiary alicyclic amines) is 1. The summed E-state index contributed by atoms with van der Waals surface area (Å²) in [6.07, 6.45) is 2.34. The van der Waals surface area contributed by atoms with Crippen LogP contribution in [0.1, 0.15) is 31.4 Å². The molecule has 0 radical (unpaired) electrons. The smallest absolute Gasteiger partial charge is 0.191 e. The molecule has 1 aliphatic rings. The summed E-state index contributed by atoms with van der Waals surface area (Å²) >= 11 is 0. The molecule has 0 aromatic heterocycles. The highest BCUT2D eigenvalue weighted by Gasteiger charge is 2.18. The Morgan fingerprint density at radius 2 is 1.87 bits per heavy atom. The van der Waals surface area contributed by atoms with Crippen LogP contribution in [0.4, 0.5) is 4.39 Å². The Morgan fingerprint density at radius 1 is 1.30 bits per heavy atom. The number of piperidine rings is 1. The fraction of sp³-hybridized carbons (Fsp3) is 0.588. The molecular formula is C17H28FIN4. The predicted molar refractivity (Wildman–Crippen MR) is 105 cm³/mol. The number of halogens is 2. The first-order valence-electron chi connectivity index (χ1n) is 7.94. The van der Waals surface area contributed by atoms with E-state index in [-0.39, 0.29) is 35.8 Å². The van der Waals surface area contributed by atoms with Gasteiger partial charge in [0.25, 0.3) is 0 Å². The molecule has 1 fully saturated rings. The largest absolute Gasteiger partial charge is 0.370 e. The highest BCUT2D eigenvalue weighted by Crippen LogP contribution is 2.20. The van der Waals surface area contributed by atoms with Crippen molar-refractivity contribution in [2.75, 3.05) is 33.7 Å².